The first-order valence-corrected chi connectivity index (χ1v) is 7.27. The van der Waals surface area contributed by atoms with E-state index < -0.39 is 43.9 Å². The van der Waals surface area contributed by atoms with Crippen molar-refractivity contribution in [1.82, 2.24) is 5.32 Å². The maximum absolute atomic E-state index is 12.0. The number of aliphatic hydroxyl groups is 1. The summed E-state index contributed by atoms with van der Waals surface area (Å²) in [5.41, 5.74) is 0. The van der Waals surface area contributed by atoms with Gasteiger partial charge in [0.05, 0.1) is 19.8 Å². The number of carbonyl (C=O) groups excluding carboxylic acids is 2. The van der Waals surface area contributed by atoms with Crippen molar-refractivity contribution in [3.8, 4) is 11.5 Å². The zero-order chi connectivity index (χ0) is 18.9. The minimum atomic E-state index is -5.05. The predicted octanol–water partition coefficient (Wildman–Crippen LogP) is 1.04. The van der Waals surface area contributed by atoms with Crippen LogP contribution in [0.25, 0.3) is 0 Å². The van der Waals surface area contributed by atoms with Gasteiger partial charge in [-0.3, -0.25) is 4.79 Å². The topological polar surface area (TPSA) is 94.1 Å². The number of ether oxygens (including phenoxy) is 3. The summed E-state index contributed by atoms with van der Waals surface area (Å²) in [5.74, 6) is -2.12. The zero-order valence-corrected chi connectivity index (χ0v) is 15.2. The molecule has 1 amide bonds. The Morgan fingerprint density at radius 3 is 2.15 bits per heavy atom. The minimum absolute atomic E-state index is 0. The summed E-state index contributed by atoms with van der Waals surface area (Å²) in [4.78, 5) is 22.2. The number of nitrogens with one attached hydrogen (secondary N) is 1. The molecule has 1 atom stereocenters. The van der Waals surface area contributed by atoms with Crippen LogP contribution in [0.3, 0.4) is 0 Å². The minimum Gasteiger partial charge on any atom is -0.494 e. The van der Waals surface area contributed by atoms with Crippen LogP contribution >= 0.6 is 0 Å². The maximum atomic E-state index is 12.0. The molecule has 1 radical (unpaired) electrons. The zero-order valence-electron chi connectivity index (χ0n) is 13.8. The van der Waals surface area contributed by atoms with Gasteiger partial charge in [-0.1, -0.05) is 0 Å². The summed E-state index contributed by atoms with van der Waals surface area (Å²) in [6, 6.07) is 6.39. The molecule has 11 heteroatoms. The summed E-state index contributed by atoms with van der Waals surface area (Å²) >= 11 is 0. The Kier molecular flexibility index (Phi) is 10.8. The maximum Gasteiger partial charge on any atom is 0.471 e. The first-order chi connectivity index (χ1) is 11.8. The number of aliphatic hydroxyl groups excluding tert-OH is 1. The second-order valence-electron chi connectivity index (χ2n) is 4.70. The first-order valence-electron chi connectivity index (χ1n) is 7.27. The monoisotopic (exact) mass is 416 g/mol. The van der Waals surface area contributed by atoms with E-state index >= 15 is 0 Å². The SMILES string of the molecule is CCOc1ccc(OCC(=O)OC(CO)CNC(=O)C(F)(F)F)cc1.[V]. The summed E-state index contributed by atoms with van der Waals surface area (Å²) in [6.07, 6.45) is -6.37. The van der Waals surface area contributed by atoms with Crippen LogP contribution in [-0.2, 0) is 32.9 Å². The van der Waals surface area contributed by atoms with Gasteiger partial charge in [-0.2, -0.15) is 13.2 Å². The van der Waals surface area contributed by atoms with Crippen LogP contribution in [0.5, 0.6) is 11.5 Å². The van der Waals surface area contributed by atoms with Crippen LogP contribution in [-0.4, -0.2) is 55.6 Å². The molecular weight excluding hydrogens is 398 g/mol. The van der Waals surface area contributed by atoms with E-state index in [4.69, 9.17) is 19.3 Å². The molecule has 0 saturated carbocycles. The molecular formula is C15H18F3NO6V. The van der Waals surface area contributed by atoms with Gasteiger partial charge in [0.1, 0.15) is 17.6 Å². The van der Waals surface area contributed by atoms with Crippen LogP contribution in [0.1, 0.15) is 6.92 Å². The van der Waals surface area contributed by atoms with E-state index in [0.29, 0.717) is 18.1 Å². The Morgan fingerprint density at radius 2 is 1.69 bits per heavy atom. The van der Waals surface area contributed by atoms with Crippen LogP contribution in [0.4, 0.5) is 13.2 Å². The van der Waals surface area contributed by atoms with Gasteiger partial charge in [0.25, 0.3) is 0 Å². The van der Waals surface area contributed by atoms with Crippen molar-refractivity contribution in [1.29, 1.82) is 0 Å². The largest absolute Gasteiger partial charge is 0.494 e. The Morgan fingerprint density at radius 1 is 1.15 bits per heavy atom. The van der Waals surface area contributed by atoms with Crippen molar-refractivity contribution in [2.75, 3.05) is 26.4 Å². The molecule has 7 nitrogen and oxygen atoms in total. The number of halogens is 3. The fourth-order valence-corrected chi connectivity index (χ4v) is 1.61. The molecule has 0 heterocycles. The average molecular weight is 416 g/mol. The molecule has 26 heavy (non-hydrogen) atoms. The van der Waals surface area contributed by atoms with E-state index in [9.17, 15) is 22.8 Å². The summed E-state index contributed by atoms with van der Waals surface area (Å²) < 4.78 is 51.2. The van der Waals surface area contributed by atoms with Gasteiger partial charge >= 0.3 is 18.1 Å². The number of benzene rings is 1. The van der Waals surface area contributed by atoms with Crippen molar-refractivity contribution in [3.05, 3.63) is 24.3 Å². The fourth-order valence-electron chi connectivity index (χ4n) is 1.61. The number of hydrogen-bond donors (Lipinski definition) is 2. The molecule has 0 aliphatic heterocycles. The number of rotatable bonds is 9. The van der Waals surface area contributed by atoms with Crippen LogP contribution < -0.4 is 14.8 Å². The van der Waals surface area contributed by atoms with E-state index in [1.54, 1.807) is 24.3 Å². The second kappa shape index (κ2) is 11.7. The third kappa shape index (κ3) is 8.98. The second-order valence-corrected chi connectivity index (χ2v) is 4.70. The van der Waals surface area contributed by atoms with Gasteiger partial charge in [-0.15, -0.1) is 0 Å². The smallest absolute Gasteiger partial charge is 0.471 e. The predicted molar refractivity (Wildman–Crippen MR) is 79.1 cm³/mol. The molecule has 0 aliphatic rings. The molecule has 0 bridgehead atoms. The van der Waals surface area contributed by atoms with Crippen LogP contribution in [0.2, 0.25) is 0 Å². The number of esters is 1. The molecule has 0 saturated heterocycles. The van der Waals surface area contributed by atoms with Gasteiger partial charge in [-0.05, 0) is 31.2 Å². The normalized spacial score (nSPS) is 11.7. The van der Waals surface area contributed by atoms with Gasteiger partial charge in [-0.25, -0.2) is 4.79 Å². The van der Waals surface area contributed by atoms with Gasteiger partial charge in [0.15, 0.2) is 6.61 Å². The molecule has 2 N–H and O–H groups in total. The quantitative estimate of drug-likeness (QED) is 0.585. The molecule has 1 aromatic carbocycles. The molecule has 145 valence electrons. The molecule has 0 spiro atoms. The average Bonchev–Trinajstić information content (AvgIpc) is 2.57. The number of hydrogen-bond acceptors (Lipinski definition) is 6. The van der Waals surface area contributed by atoms with Crippen LogP contribution in [0, 0.1) is 0 Å². The van der Waals surface area contributed by atoms with Gasteiger partial charge in [0, 0.05) is 18.6 Å². The van der Waals surface area contributed by atoms with E-state index in [-0.39, 0.29) is 18.6 Å². The number of carbonyl (C=O) groups is 2. The third-order valence-corrected chi connectivity index (χ3v) is 2.74. The van der Waals surface area contributed by atoms with Crippen molar-refractivity contribution < 1.29 is 60.6 Å². The molecule has 0 aromatic heterocycles. The Bertz CT molecular complexity index is 567. The number of alkyl halides is 3. The Labute approximate surface area is 159 Å². The molecule has 1 aromatic rings. The van der Waals surface area contributed by atoms with E-state index in [1.807, 2.05) is 6.92 Å². The summed E-state index contributed by atoms with van der Waals surface area (Å²) in [7, 11) is 0. The summed E-state index contributed by atoms with van der Waals surface area (Å²) in [5, 5.41) is 10.5. The van der Waals surface area contributed by atoms with Crippen LogP contribution in [0.15, 0.2) is 24.3 Å². The van der Waals surface area contributed by atoms with E-state index in [1.165, 1.54) is 5.32 Å². The summed E-state index contributed by atoms with van der Waals surface area (Å²) in [6.45, 7) is 0.378. The molecule has 1 unspecified atom stereocenters. The van der Waals surface area contributed by atoms with Crippen molar-refractivity contribution in [3.63, 3.8) is 0 Å². The third-order valence-electron chi connectivity index (χ3n) is 2.74. The standard InChI is InChI=1S/C15H18F3NO6.V/c1-2-23-10-3-5-11(6-4-10)24-9-13(21)25-12(8-20)7-19-14(22)15(16,17)18;/h3-6,12,20H,2,7-9H2,1H3,(H,19,22);. The molecule has 0 fully saturated rings. The van der Waals surface area contributed by atoms with Crippen molar-refractivity contribution in [2.45, 2.75) is 19.2 Å². The van der Waals surface area contributed by atoms with Crippen molar-refractivity contribution in [2.24, 2.45) is 0 Å². The van der Waals surface area contributed by atoms with Gasteiger partial charge in [0.2, 0.25) is 0 Å². The van der Waals surface area contributed by atoms with Crippen molar-refractivity contribution >= 4 is 11.9 Å². The van der Waals surface area contributed by atoms with Gasteiger partial charge < -0.3 is 24.6 Å². The van der Waals surface area contributed by atoms with E-state index in [0.717, 1.165) is 0 Å². The Hall–Kier alpha value is -1.91. The number of amides is 1. The molecule has 1 rings (SSSR count). The Balaban J connectivity index is 0.00000625. The first kappa shape index (κ1) is 24.1. The fraction of sp³-hybridized carbons (Fsp3) is 0.467. The molecule has 0 aliphatic carbocycles. The van der Waals surface area contributed by atoms with E-state index in [2.05, 4.69) is 0 Å².